The molecule has 19 heavy (non-hydrogen) atoms. The molecule has 1 aromatic rings. The van der Waals surface area contributed by atoms with Crippen LogP contribution >= 0.6 is 0 Å². The van der Waals surface area contributed by atoms with Crippen LogP contribution in [0.3, 0.4) is 0 Å². The summed E-state index contributed by atoms with van der Waals surface area (Å²) in [5, 5.41) is 3.38. The molecule has 1 rings (SSSR count). The average molecular weight is 341 g/mol. The van der Waals surface area contributed by atoms with Crippen molar-refractivity contribution in [3.05, 3.63) is 25.1 Å². The first-order valence-electron chi connectivity index (χ1n) is 5.98. The summed E-state index contributed by atoms with van der Waals surface area (Å²) in [6, 6.07) is 0.433. The van der Waals surface area contributed by atoms with Crippen molar-refractivity contribution in [1.29, 1.82) is 0 Å². The first-order chi connectivity index (χ1) is 8.43. The summed E-state index contributed by atoms with van der Waals surface area (Å²) in [4.78, 5) is 16.6. The summed E-state index contributed by atoms with van der Waals surface area (Å²) in [7, 11) is 0. The molecule has 1 aromatic heterocycles. The van der Waals surface area contributed by atoms with Gasteiger partial charge in [0.15, 0.2) is 0 Å². The molecular formula is C13H22N3O2Y. The molecule has 6 heteroatoms. The van der Waals surface area contributed by atoms with Crippen molar-refractivity contribution in [2.45, 2.75) is 53.6 Å². The molecule has 0 aromatic carbocycles. The molecule has 5 nitrogen and oxygen atoms in total. The summed E-state index contributed by atoms with van der Waals surface area (Å²) in [6.45, 7) is 11.4. The molecule has 2 unspecified atom stereocenters. The van der Waals surface area contributed by atoms with Gasteiger partial charge < -0.3 is 27.2 Å². The van der Waals surface area contributed by atoms with Crippen LogP contribution in [-0.4, -0.2) is 33.0 Å². The van der Waals surface area contributed by atoms with E-state index in [0.29, 0.717) is 5.82 Å². The molecule has 1 amide bonds. The van der Waals surface area contributed by atoms with Gasteiger partial charge in [0.05, 0.1) is 6.39 Å². The number of rotatable bonds is 4. The fraction of sp³-hybridized carbons (Fsp3) is 0.615. The zero-order valence-electron chi connectivity index (χ0n) is 12.5. The van der Waals surface area contributed by atoms with Crippen molar-refractivity contribution in [2.75, 3.05) is 0 Å². The molecule has 0 radical (unpaired) electrons. The maximum atomic E-state index is 11.2. The predicted molar refractivity (Wildman–Crippen MR) is 69.3 cm³/mol. The number of hydrogen-bond donors (Lipinski definition) is 0. The second-order valence-electron chi connectivity index (χ2n) is 4.01. The van der Waals surface area contributed by atoms with E-state index >= 15 is 0 Å². The average Bonchev–Trinajstić information content (AvgIpc) is 2.80. The van der Waals surface area contributed by atoms with Gasteiger partial charge in [0, 0.05) is 12.7 Å². The molecule has 0 aliphatic heterocycles. The summed E-state index contributed by atoms with van der Waals surface area (Å²) >= 11 is 0. The largest absolute Gasteiger partial charge is 3.00 e. The number of aromatic nitrogens is 2. The van der Waals surface area contributed by atoms with Gasteiger partial charge in [0.25, 0.3) is 0 Å². The monoisotopic (exact) mass is 341 g/mol. The van der Waals surface area contributed by atoms with E-state index in [1.807, 2.05) is 45.4 Å². The number of carbonyl (C=O) groups is 1. The van der Waals surface area contributed by atoms with Crippen LogP contribution in [-0.2, 0) is 37.5 Å². The Labute approximate surface area is 141 Å². The molecule has 0 spiro atoms. The molecule has 0 bridgehead atoms. The maximum Gasteiger partial charge on any atom is 3.00 e. The molecular weight excluding hydrogens is 319 g/mol. The molecule has 0 saturated heterocycles. The Morgan fingerprint density at radius 3 is 1.95 bits per heavy atom. The van der Waals surface area contributed by atoms with Crippen molar-refractivity contribution < 1.29 is 42.0 Å². The Morgan fingerprint density at radius 1 is 1.32 bits per heavy atom. The van der Waals surface area contributed by atoms with Crippen LogP contribution in [0, 0.1) is 26.2 Å². The van der Waals surface area contributed by atoms with Crippen LogP contribution in [0.15, 0.2) is 4.52 Å². The van der Waals surface area contributed by atoms with Crippen molar-refractivity contribution in [3.8, 4) is 0 Å². The van der Waals surface area contributed by atoms with E-state index in [1.165, 1.54) is 0 Å². The molecule has 0 aliphatic carbocycles. The summed E-state index contributed by atoms with van der Waals surface area (Å²) < 4.78 is 4.23. The SMILES string of the molecule is C[CH-]C(C)N(C(C)=O)C(C)[CH-]C.Cc1n[c-]on1.[Y+3]. The Balaban J connectivity index is 0. The van der Waals surface area contributed by atoms with Gasteiger partial charge in [-0.15, -0.1) is 0 Å². The van der Waals surface area contributed by atoms with Gasteiger partial charge in [-0.25, -0.2) is 0 Å². The number of carbonyl (C=O) groups excluding carboxylic acids is 1. The maximum absolute atomic E-state index is 11.2. The van der Waals surface area contributed by atoms with Gasteiger partial charge in [-0.1, -0.05) is 32.9 Å². The van der Waals surface area contributed by atoms with Crippen LogP contribution in [0.25, 0.3) is 0 Å². The molecule has 1 heterocycles. The van der Waals surface area contributed by atoms with E-state index in [4.69, 9.17) is 0 Å². The zero-order valence-corrected chi connectivity index (χ0v) is 15.4. The predicted octanol–water partition coefficient (Wildman–Crippen LogP) is 2.24. The van der Waals surface area contributed by atoms with Crippen molar-refractivity contribution in [2.24, 2.45) is 0 Å². The summed E-state index contributed by atoms with van der Waals surface area (Å²) in [5.41, 5.74) is 0. The number of nitrogens with zero attached hydrogens (tertiary/aromatic N) is 3. The number of hydrogen-bond acceptors (Lipinski definition) is 4. The molecule has 0 aliphatic rings. The van der Waals surface area contributed by atoms with Gasteiger partial charge in [-0.05, 0) is 0 Å². The minimum atomic E-state index is 0. The van der Waals surface area contributed by atoms with Gasteiger partial charge in [-0.2, -0.15) is 19.0 Å². The topological polar surface area (TPSA) is 59.2 Å². The zero-order chi connectivity index (χ0) is 14.1. The van der Waals surface area contributed by atoms with Crippen LogP contribution in [0.2, 0.25) is 0 Å². The first kappa shape index (κ1) is 21.0. The van der Waals surface area contributed by atoms with Gasteiger partial charge in [0.1, 0.15) is 0 Å². The Morgan fingerprint density at radius 2 is 1.79 bits per heavy atom. The van der Waals surface area contributed by atoms with Crippen molar-refractivity contribution >= 4 is 5.91 Å². The normalized spacial score (nSPS) is 12.5. The van der Waals surface area contributed by atoms with E-state index in [0.717, 1.165) is 0 Å². The van der Waals surface area contributed by atoms with Crippen LogP contribution in [0.4, 0.5) is 0 Å². The second kappa shape index (κ2) is 11.5. The summed E-state index contributed by atoms with van der Waals surface area (Å²) in [6.07, 6.45) is 6.25. The van der Waals surface area contributed by atoms with E-state index in [9.17, 15) is 4.79 Å². The fourth-order valence-corrected chi connectivity index (χ4v) is 1.46. The molecule has 104 valence electrons. The minimum Gasteiger partial charge on any atom is -0.459 e. The van der Waals surface area contributed by atoms with Crippen molar-refractivity contribution in [3.63, 3.8) is 0 Å². The van der Waals surface area contributed by atoms with E-state index < -0.39 is 0 Å². The third-order valence-corrected chi connectivity index (χ3v) is 2.63. The van der Waals surface area contributed by atoms with Gasteiger partial charge >= 0.3 is 32.7 Å². The Bertz CT molecular complexity index is 321. The Kier molecular flexibility index (Phi) is 12.8. The first-order valence-corrected chi connectivity index (χ1v) is 5.98. The van der Waals surface area contributed by atoms with Gasteiger partial charge in [0.2, 0.25) is 5.91 Å². The van der Waals surface area contributed by atoms with E-state index in [-0.39, 0.29) is 50.7 Å². The molecule has 2 atom stereocenters. The quantitative estimate of drug-likeness (QED) is 0.788. The molecule has 0 fully saturated rings. The van der Waals surface area contributed by atoms with Crippen LogP contribution in [0.1, 0.15) is 40.4 Å². The third kappa shape index (κ3) is 8.48. The van der Waals surface area contributed by atoms with Crippen LogP contribution < -0.4 is 0 Å². The van der Waals surface area contributed by atoms with Crippen LogP contribution in [0.5, 0.6) is 0 Å². The minimum absolute atomic E-state index is 0. The second-order valence-corrected chi connectivity index (χ2v) is 4.01. The molecule has 0 N–H and O–H groups in total. The van der Waals surface area contributed by atoms with E-state index in [1.54, 1.807) is 13.8 Å². The van der Waals surface area contributed by atoms with Gasteiger partial charge in [-0.3, -0.25) is 4.79 Å². The standard InChI is InChI=1S/C10H19NO.C3H3N2O.Y/c1-6-8(3)11(10(5)12)9(4)7-2;1-3-4-2-6-5-3;/h6-9H,1-5H3;1H3;/q-2;-1;+3. The third-order valence-electron chi connectivity index (χ3n) is 2.63. The number of amides is 1. The number of aryl methyl sites for hydroxylation is 1. The Hall–Kier alpha value is -0.286. The summed E-state index contributed by atoms with van der Waals surface area (Å²) in [5.74, 6) is 0.751. The van der Waals surface area contributed by atoms with Crippen molar-refractivity contribution in [1.82, 2.24) is 15.0 Å². The smallest absolute Gasteiger partial charge is 0.459 e. The molecule has 0 saturated carbocycles. The van der Waals surface area contributed by atoms with E-state index in [2.05, 4.69) is 21.1 Å². The fourth-order valence-electron chi connectivity index (χ4n) is 1.46.